The van der Waals surface area contributed by atoms with Gasteiger partial charge in [-0.3, -0.25) is 10.1 Å². The van der Waals surface area contributed by atoms with Gasteiger partial charge in [-0.2, -0.15) is 0 Å². The van der Waals surface area contributed by atoms with Crippen LogP contribution in [0.4, 0.5) is 17.1 Å². The summed E-state index contributed by atoms with van der Waals surface area (Å²) >= 11 is 0. The largest absolute Gasteiger partial charge is 0.399 e. The molecule has 0 atom stereocenters. The second-order valence-corrected chi connectivity index (χ2v) is 4.23. The fourth-order valence-electron chi connectivity index (χ4n) is 1.48. The van der Waals surface area contributed by atoms with Crippen molar-refractivity contribution in [2.75, 3.05) is 44.9 Å². The van der Waals surface area contributed by atoms with Gasteiger partial charge in [-0.15, -0.1) is 0 Å². The summed E-state index contributed by atoms with van der Waals surface area (Å²) in [6, 6.07) is 4.75. The SMILES string of the molecule is CN(C)CCN(C)c1ccc(N)cc1[N+](=O)[O-]. The third-order valence-electron chi connectivity index (χ3n) is 2.49. The Kier molecular flexibility index (Phi) is 4.28. The smallest absolute Gasteiger partial charge is 0.294 e. The monoisotopic (exact) mass is 238 g/mol. The highest BCUT2D eigenvalue weighted by Gasteiger charge is 2.17. The van der Waals surface area contributed by atoms with Gasteiger partial charge in [-0.25, -0.2) is 0 Å². The highest BCUT2D eigenvalue weighted by atomic mass is 16.6. The van der Waals surface area contributed by atoms with Crippen LogP contribution in [0.3, 0.4) is 0 Å². The third kappa shape index (κ3) is 3.60. The molecule has 94 valence electrons. The van der Waals surface area contributed by atoms with Crippen LogP contribution in [0.2, 0.25) is 0 Å². The van der Waals surface area contributed by atoms with E-state index >= 15 is 0 Å². The van der Waals surface area contributed by atoms with Crippen LogP contribution >= 0.6 is 0 Å². The number of likely N-dealkylation sites (N-methyl/N-ethyl adjacent to an activating group) is 2. The van der Waals surface area contributed by atoms with Crippen molar-refractivity contribution < 1.29 is 4.92 Å². The summed E-state index contributed by atoms with van der Waals surface area (Å²) in [5.74, 6) is 0. The summed E-state index contributed by atoms with van der Waals surface area (Å²) in [4.78, 5) is 14.4. The van der Waals surface area contributed by atoms with Crippen molar-refractivity contribution in [3.05, 3.63) is 28.3 Å². The maximum absolute atomic E-state index is 10.9. The Balaban J connectivity index is 2.92. The highest BCUT2D eigenvalue weighted by Crippen LogP contribution is 2.29. The van der Waals surface area contributed by atoms with Gasteiger partial charge in [0.15, 0.2) is 0 Å². The Bertz CT molecular complexity index is 406. The maximum atomic E-state index is 10.9. The van der Waals surface area contributed by atoms with Gasteiger partial charge in [0, 0.05) is 31.9 Å². The quantitative estimate of drug-likeness (QED) is 0.473. The van der Waals surface area contributed by atoms with E-state index in [9.17, 15) is 10.1 Å². The van der Waals surface area contributed by atoms with E-state index in [-0.39, 0.29) is 5.69 Å². The summed E-state index contributed by atoms with van der Waals surface area (Å²) in [6.45, 7) is 1.55. The van der Waals surface area contributed by atoms with E-state index in [4.69, 9.17) is 5.73 Å². The standard InChI is InChI=1S/C11H18N4O2/c1-13(2)6-7-14(3)10-5-4-9(12)8-11(10)15(16)17/h4-5,8H,6-7,12H2,1-3H3. The number of nitro benzene ring substituents is 1. The first-order valence-corrected chi connectivity index (χ1v) is 5.31. The third-order valence-corrected chi connectivity index (χ3v) is 2.49. The number of benzene rings is 1. The molecule has 0 saturated carbocycles. The van der Waals surface area contributed by atoms with Crippen molar-refractivity contribution in [3.8, 4) is 0 Å². The second kappa shape index (κ2) is 5.49. The Morgan fingerprint density at radius 2 is 1.94 bits per heavy atom. The molecule has 0 radical (unpaired) electrons. The molecule has 1 aromatic rings. The van der Waals surface area contributed by atoms with Crippen molar-refractivity contribution in [2.45, 2.75) is 0 Å². The van der Waals surface area contributed by atoms with Crippen molar-refractivity contribution in [1.82, 2.24) is 4.90 Å². The summed E-state index contributed by atoms with van der Waals surface area (Å²) in [5, 5.41) is 10.9. The normalized spacial score (nSPS) is 10.6. The Morgan fingerprint density at radius 3 is 2.47 bits per heavy atom. The van der Waals surface area contributed by atoms with E-state index in [1.807, 2.05) is 30.9 Å². The molecule has 0 heterocycles. The molecule has 0 fully saturated rings. The van der Waals surface area contributed by atoms with Gasteiger partial charge in [0.25, 0.3) is 5.69 Å². The molecule has 0 aliphatic rings. The molecule has 1 aromatic carbocycles. The molecular formula is C11H18N4O2. The summed E-state index contributed by atoms with van der Waals surface area (Å²) in [5.41, 5.74) is 6.60. The first-order chi connectivity index (χ1) is 7.91. The maximum Gasteiger partial charge on any atom is 0.294 e. The topological polar surface area (TPSA) is 75.6 Å². The van der Waals surface area contributed by atoms with Gasteiger partial charge in [0.2, 0.25) is 0 Å². The number of nitrogens with zero attached hydrogens (tertiary/aromatic N) is 3. The number of hydrogen-bond acceptors (Lipinski definition) is 5. The number of rotatable bonds is 5. The summed E-state index contributed by atoms with van der Waals surface area (Å²) in [6.07, 6.45) is 0. The van der Waals surface area contributed by atoms with Crippen molar-refractivity contribution >= 4 is 17.1 Å². The van der Waals surface area contributed by atoms with Crippen LogP contribution in [0, 0.1) is 10.1 Å². The summed E-state index contributed by atoms with van der Waals surface area (Å²) in [7, 11) is 5.76. The molecule has 0 unspecified atom stereocenters. The van der Waals surface area contributed by atoms with Crippen LogP contribution in [-0.4, -0.2) is 44.1 Å². The molecule has 17 heavy (non-hydrogen) atoms. The van der Waals surface area contributed by atoms with E-state index < -0.39 is 4.92 Å². The van der Waals surface area contributed by atoms with Gasteiger partial charge in [0.1, 0.15) is 5.69 Å². The average Bonchev–Trinajstić information content (AvgIpc) is 2.25. The lowest BCUT2D eigenvalue weighted by atomic mass is 10.2. The molecule has 0 bridgehead atoms. The lowest BCUT2D eigenvalue weighted by Gasteiger charge is -2.21. The van der Waals surface area contributed by atoms with Crippen molar-refractivity contribution in [2.24, 2.45) is 0 Å². The highest BCUT2D eigenvalue weighted by molar-refractivity contribution is 5.67. The van der Waals surface area contributed by atoms with Gasteiger partial charge in [-0.1, -0.05) is 0 Å². The average molecular weight is 238 g/mol. The predicted molar refractivity (Wildman–Crippen MR) is 69.3 cm³/mol. The van der Waals surface area contributed by atoms with Crippen LogP contribution in [0.5, 0.6) is 0 Å². The first kappa shape index (κ1) is 13.2. The lowest BCUT2D eigenvalue weighted by molar-refractivity contribution is -0.384. The van der Waals surface area contributed by atoms with E-state index in [0.717, 1.165) is 13.1 Å². The lowest BCUT2D eigenvalue weighted by Crippen LogP contribution is -2.28. The summed E-state index contributed by atoms with van der Waals surface area (Å²) < 4.78 is 0. The molecule has 0 aliphatic carbocycles. The van der Waals surface area contributed by atoms with Gasteiger partial charge >= 0.3 is 0 Å². The van der Waals surface area contributed by atoms with Gasteiger partial charge < -0.3 is 15.5 Å². The fraction of sp³-hybridized carbons (Fsp3) is 0.455. The molecule has 0 spiro atoms. The fourth-order valence-corrected chi connectivity index (χ4v) is 1.48. The Labute approximate surface area is 101 Å². The molecule has 0 aromatic heterocycles. The second-order valence-electron chi connectivity index (χ2n) is 4.23. The number of anilines is 2. The first-order valence-electron chi connectivity index (χ1n) is 5.31. The van der Waals surface area contributed by atoms with Crippen molar-refractivity contribution in [1.29, 1.82) is 0 Å². The van der Waals surface area contributed by atoms with Crippen molar-refractivity contribution in [3.63, 3.8) is 0 Å². The number of nitro groups is 1. The zero-order valence-electron chi connectivity index (χ0n) is 10.4. The van der Waals surface area contributed by atoms with E-state index in [2.05, 4.69) is 0 Å². The molecule has 2 N–H and O–H groups in total. The van der Waals surface area contributed by atoms with Gasteiger partial charge in [-0.05, 0) is 26.2 Å². The molecular weight excluding hydrogens is 220 g/mol. The van der Waals surface area contributed by atoms with E-state index in [1.54, 1.807) is 12.1 Å². The molecule has 1 rings (SSSR count). The predicted octanol–water partition coefficient (Wildman–Crippen LogP) is 1.17. The van der Waals surface area contributed by atoms with Crippen LogP contribution in [0.1, 0.15) is 0 Å². The van der Waals surface area contributed by atoms with E-state index in [0.29, 0.717) is 11.4 Å². The number of nitrogen functional groups attached to an aromatic ring is 1. The Hall–Kier alpha value is -1.82. The molecule has 6 nitrogen and oxygen atoms in total. The zero-order chi connectivity index (χ0) is 13.0. The number of hydrogen-bond donors (Lipinski definition) is 1. The molecule has 0 aliphatic heterocycles. The minimum absolute atomic E-state index is 0.0475. The van der Waals surface area contributed by atoms with Crippen LogP contribution in [0.15, 0.2) is 18.2 Å². The van der Waals surface area contributed by atoms with Gasteiger partial charge in [0.05, 0.1) is 4.92 Å². The minimum Gasteiger partial charge on any atom is -0.399 e. The number of nitrogens with two attached hydrogens (primary N) is 1. The van der Waals surface area contributed by atoms with Crippen LogP contribution < -0.4 is 10.6 Å². The zero-order valence-corrected chi connectivity index (χ0v) is 10.4. The van der Waals surface area contributed by atoms with Crippen LogP contribution in [0.25, 0.3) is 0 Å². The molecule has 0 amide bonds. The molecule has 6 heteroatoms. The Morgan fingerprint density at radius 1 is 1.29 bits per heavy atom. The molecule has 0 saturated heterocycles. The van der Waals surface area contributed by atoms with Crippen LogP contribution in [-0.2, 0) is 0 Å². The minimum atomic E-state index is -0.405. The van der Waals surface area contributed by atoms with E-state index in [1.165, 1.54) is 6.07 Å².